The number of aromatic nitrogens is 1. The highest BCUT2D eigenvalue weighted by molar-refractivity contribution is 9.10. The Bertz CT molecular complexity index is 644. The predicted octanol–water partition coefficient (Wildman–Crippen LogP) is 2.72. The first kappa shape index (κ1) is 14.2. The van der Waals surface area contributed by atoms with Gasteiger partial charge < -0.3 is 10.4 Å². The maximum atomic E-state index is 11.9. The van der Waals surface area contributed by atoms with Gasteiger partial charge >= 0.3 is 5.97 Å². The fourth-order valence-electron chi connectivity index (χ4n) is 1.68. The van der Waals surface area contributed by atoms with Gasteiger partial charge in [-0.1, -0.05) is 22.0 Å². The van der Waals surface area contributed by atoms with Gasteiger partial charge in [0.2, 0.25) is 5.91 Å². The summed E-state index contributed by atoms with van der Waals surface area (Å²) in [6.45, 7) is 0. The molecule has 1 aromatic heterocycles. The van der Waals surface area contributed by atoms with E-state index in [0.717, 1.165) is 5.56 Å². The van der Waals surface area contributed by atoms with Crippen LogP contribution in [0.15, 0.2) is 47.2 Å². The Labute approximate surface area is 123 Å². The summed E-state index contributed by atoms with van der Waals surface area (Å²) in [5.74, 6) is -1.28. The molecule has 0 aliphatic carbocycles. The van der Waals surface area contributed by atoms with Crippen LogP contribution in [-0.2, 0) is 11.2 Å². The molecule has 0 aliphatic rings. The van der Waals surface area contributed by atoms with Crippen molar-refractivity contribution in [3.05, 3.63) is 58.3 Å². The molecule has 1 heterocycles. The van der Waals surface area contributed by atoms with Crippen LogP contribution in [0.5, 0.6) is 0 Å². The zero-order valence-corrected chi connectivity index (χ0v) is 11.9. The van der Waals surface area contributed by atoms with E-state index in [4.69, 9.17) is 5.11 Å². The third kappa shape index (κ3) is 3.89. The zero-order chi connectivity index (χ0) is 14.5. The van der Waals surface area contributed by atoms with E-state index in [1.165, 1.54) is 12.1 Å². The van der Waals surface area contributed by atoms with Gasteiger partial charge in [-0.05, 0) is 29.8 Å². The second kappa shape index (κ2) is 6.29. The van der Waals surface area contributed by atoms with Crippen molar-refractivity contribution in [2.75, 3.05) is 5.32 Å². The zero-order valence-electron chi connectivity index (χ0n) is 10.3. The molecule has 0 saturated carbocycles. The first-order chi connectivity index (χ1) is 9.54. The molecule has 20 heavy (non-hydrogen) atoms. The molecule has 2 rings (SSSR count). The van der Waals surface area contributed by atoms with Crippen LogP contribution in [-0.4, -0.2) is 22.0 Å². The molecule has 0 radical (unpaired) electrons. The van der Waals surface area contributed by atoms with Crippen molar-refractivity contribution in [2.45, 2.75) is 6.42 Å². The number of carbonyl (C=O) groups excluding carboxylic acids is 1. The van der Waals surface area contributed by atoms with E-state index in [-0.39, 0.29) is 17.9 Å². The number of amides is 1. The van der Waals surface area contributed by atoms with E-state index in [9.17, 15) is 9.59 Å². The van der Waals surface area contributed by atoms with Crippen LogP contribution in [0.4, 0.5) is 5.69 Å². The van der Waals surface area contributed by atoms with E-state index in [2.05, 4.69) is 26.2 Å². The lowest BCUT2D eigenvalue weighted by molar-refractivity contribution is -0.115. The lowest BCUT2D eigenvalue weighted by atomic mass is 10.2. The molecule has 2 aromatic rings. The van der Waals surface area contributed by atoms with E-state index < -0.39 is 5.97 Å². The van der Waals surface area contributed by atoms with Gasteiger partial charge in [-0.25, -0.2) is 4.79 Å². The van der Waals surface area contributed by atoms with Crippen molar-refractivity contribution in [3.8, 4) is 0 Å². The average molecular weight is 335 g/mol. The molecule has 1 aromatic carbocycles. The first-order valence-electron chi connectivity index (χ1n) is 5.77. The summed E-state index contributed by atoms with van der Waals surface area (Å²) in [4.78, 5) is 26.7. The molecule has 0 saturated heterocycles. The minimum atomic E-state index is -1.05. The standard InChI is InChI=1S/C14H11BrN2O3/c15-11-5-10(14(19)20)6-12(7-11)17-13(18)4-9-2-1-3-16-8-9/h1-3,5-8H,4H2,(H,17,18)(H,19,20). The van der Waals surface area contributed by atoms with Gasteiger partial charge in [-0.2, -0.15) is 0 Å². The average Bonchev–Trinajstić information content (AvgIpc) is 2.38. The summed E-state index contributed by atoms with van der Waals surface area (Å²) in [6, 6.07) is 8.08. The molecular formula is C14H11BrN2O3. The third-order valence-corrected chi connectivity index (χ3v) is 2.97. The van der Waals surface area contributed by atoms with Crippen molar-refractivity contribution in [1.29, 1.82) is 0 Å². The second-order valence-corrected chi connectivity index (χ2v) is 5.04. The Morgan fingerprint density at radius 2 is 2.10 bits per heavy atom. The molecule has 2 N–H and O–H groups in total. The lowest BCUT2D eigenvalue weighted by Gasteiger charge is -2.07. The summed E-state index contributed by atoms with van der Waals surface area (Å²) < 4.78 is 0.592. The number of nitrogens with one attached hydrogen (secondary N) is 1. The predicted molar refractivity (Wildman–Crippen MR) is 77.7 cm³/mol. The molecular weight excluding hydrogens is 324 g/mol. The van der Waals surface area contributed by atoms with Crippen molar-refractivity contribution < 1.29 is 14.7 Å². The van der Waals surface area contributed by atoms with Crippen LogP contribution in [0.1, 0.15) is 15.9 Å². The number of anilines is 1. The lowest BCUT2D eigenvalue weighted by Crippen LogP contribution is -2.15. The monoisotopic (exact) mass is 334 g/mol. The number of carbonyl (C=O) groups is 2. The number of hydrogen-bond donors (Lipinski definition) is 2. The molecule has 5 nitrogen and oxygen atoms in total. The Morgan fingerprint density at radius 1 is 1.30 bits per heavy atom. The molecule has 6 heteroatoms. The Balaban J connectivity index is 2.10. The minimum absolute atomic E-state index is 0.107. The van der Waals surface area contributed by atoms with E-state index in [1.54, 1.807) is 30.6 Å². The Morgan fingerprint density at radius 3 is 2.75 bits per heavy atom. The topological polar surface area (TPSA) is 79.3 Å². The quantitative estimate of drug-likeness (QED) is 0.900. The smallest absolute Gasteiger partial charge is 0.335 e. The van der Waals surface area contributed by atoms with Gasteiger partial charge in [0, 0.05) is 22.6 Å². The Hall–Kier alpha value is -2.21. The van der Waals surface area contributed by atoms with E-state index >= 15 is 0 Å². The molecule has 0 bridgehead atoms. The number of pyridine rings is 1. The Kier molecular flexibility index (Phi) is 4.47. The van der Waals surface area contributed by atoms with Gasteiger partial charge in [-0.3, -0.25) is 9.78 Å². The number of aromatic carboxylic acids is 1. The van der Waals surface area contributed by atoms with Crippen molar-refractivity contribution in [1.82, 2.24) is 4.98 Å². The summed E-state index contributed by atoms with van der Waals surface area (Å²) >= 11 is 3.21. The molecule has 0 spiro atoms. The fourth-order valence-corrected chi connectivity index (χ4v) is 2.17. The number of rotatable bonds is 4. The van der Waals surface area contributed by atoms with Crippen LogP contribution in [0.2, 0.25) is 0 Å². The highest BCUT2D eigenvalue weighted by atomic mass is 79.9. The molecule has 0 atom stereocenters. The molecule has 1 amide bonds. The second-order valence-electron chi connectivity index (χ2n) is 4.12. The maximum Gasteiger partial charge on any atom is 0.335 e. The number of hydrogen-bond acceptors (Lipinski definition) is 3. The number of nitrogens with zero attached hydrogens (tertiary/aromatic N) is 1. The van der Waals surface area contributed by atoms with Gasteiger partial charge in [0.25, 0.3) is 0 Å². The number of benzene rings is 1. The SMILES string of the molecule is O=C(Cc1cccnc1)Nc1cc(Br)cc(C(=O)O)c1. The normalized spacial score (nSPS) is 10.1. The van der Waals surface area contributed by atoms with Gasteiger partial charge in [0.1, 0.15) is 0 Å². The third-order valence-electron chi connectivity index (χ3n) is 2.52. The molecule has 0 unspecified atom stereocenters. The number of carboxylic acid groups (broad SMARTS) is 1. The summed E-state index contributed by atoms with van der Waals surface area (Å²) in [5.41, 5.74) is 1.33. The molecule has 0 aliphatic heterocycles. The van der Waals surface area contributed by atoms with Crippen LogP contribution in [0.25, 0.3) is 0 Å². The fraction of sp³-hybridized carbons (Fsp3) is 0.0714. The van der Waals surface area contributed by atoms with Gasteiger partial charge in [0.15, 0.2) is 0 Å². The molecule has 0 fully saturated rings. The van der Waals surface area contributed by atoms with E-state index in [0.29, 0.717) is 10.2 Å². The highest BCUT2D eigenvalue weighted by Crippen LogP contribution is 2.20. The number of carboxylic acids is 1. The van der Waals surface area contributed by atoms with Gasteiger partial charge in [0.05, 0.1) is 12.0 Å². The maximum absolute atomic E-state index is 11.9. The van der Waals surface area contributed by atoms with Crippen molar-refractivity contribution in [2.24, 2.45) is 0 Å². The number of halogens is 1. The summed E-state index contributed by atoms with van der Waals surface area (Å²) in [7, 11) is 0. The first-order valence-corrected chi connectivity index (χ1v) is 6.56. The summed E-state index contributed by atoms with van der Waals surface area (Å²) in [5, 5.41) is 11.6. The largest absolute Gasteiger partial charge is 0.478 e. The van der Waals surface area contributed by atoms with Gasteiger partial charge in [-0.15, -0.1) is 0 Å². The highest BCUT2D eigenvalue weighted by Gasteiger charge is 2.09. The van der Waals surface area contributed by atoms with Crippen LogP contribution >= 0.6 is 15.9 Å². The van der Waals surface area contributed by atoms with Crippen LogP contribution in [0.3, 0.4) is 0 Å². The van der Waals surface area contributed by atoms with Crippen molar-refractivity contribution >= 4 is 33.5 Å². The minimum Gasteiger partial charge on any atom is -0.478 e. The summed E-state index contributed by atoms with van der Waals surface area (Å²) in [6.07, 6.45) is 3.43. The van der Waals surface area contributed by atoms with Crippen LogP contribution in [0, 0.1) is 0 Å². The van der Waals surface area contributed by atoms with E-state index in [1.807, 2.05) is 0 Å². The molecule has 102 valence electrons. The van der Waals surface area contributed by atoms with Crippen molar-refractivity contribution in [3.63, 3.8) is 0 Å². The van der Waals surface area contributed by atoms with Crippen LogP contribution < -0.4 is 5.32 Å².